The van der Waals surface area contributed by atoms with Crippen LogP contribution in [0.15, 0.2) is 60.2 Å². The lowest BCUT2D eigenvalue weighted by Gasteiger charge is -2.26. The van der Waals surface area contributed by atoms with Crippen molar-refractivity contribution in [2.24, 2.45) is 0 Å². The summed E-state index contributed by atoms with van der Waals surface area (Å²) in [5.41, 5.74) is 4.87. The van der Waals surface area contributed by atoms with Crippen LogP contribution in [0.3, 0.4) is 0 Å². The van der Waals surface area contributed by atoms with Crippen LogP contribution < -0.4 is 4.74 Å². The molecule has 4 nitrogen and oxygen atoms in total. The van der Waals surface area contributed by atoms with E-state index in [9.17, 15) is 15.3 Å². The molecule has 3 N–H and O–H groups in total. The van der Waals surface area contributed by atoms with Crippen LogP contribution in [0.1, 0.15) is 69.2 Å². The van der Waals surface area contributed by atoms with Gasteiger partial charge in [-0.1, -0.05) is 57.2 Å². The fourth-order valence-electron chi connectivity index (χ4n) is 3.63. The van der Waals surface area contributed by atoms with Crippen molar-refractivity contribution in [3.63, 3.8) is 0 Å². The first-order valence-corrected chi connectivity index (χ1v) is 11.1. The third kappa shape index (κ3) is 6.54. The van der Waals surface area contributed by atoms with Gasteiger partial charge < -0.3 is 20.1 Å². The number of benzene rings is 2. The van der Waals surface area contributed by atoms with Gasteiger partial charge in [-0.05, 0) is 77.8 Å². The van der Waals surface area contributed by atoms with Gasteiger partial charge in [0.15, 0.2) is 0 Å². The van der Waals surface area contributed by atoms with Crippen molar-refractivity contribution in [3.05, 3.63) is 82.4 Å². The Hall–Kier alpha value is -2.40. The molecule has 0 bridgehead atoms. The van der Waals surface area contributed by atoms with Crippen molar-refractivity contribution in [1.82, 2.24) is 0 Å². The van der Waals surface area contributed by atoms with E-state index >= 15 is 0 Å². The largest absolute Gasteiger partial charge is 0.489 e. The van der Waals surface area contributed by atoms with E-state index in [0.717, 1.165) is 40.0 Å². The van der Waals surface area contributed by atoms with Crippen molar-refractivity contribution in [2.75, 3.05) is 0 Å². The van der Waals surface area contributed by atoms with Crippen LogP contribution in [0.25, 0.3) is 5.57 Å². The molecule has 31 heavy (non-hydrogen) atoms. The molecular formula is C27H36O4. The first-order chi connectivity index (χ1) is 14.9. The Balaban J connectivity index is 2.18. The lowest BCUT2D eigenvalue weighted by molar-refractivity contribution is 0.0702. The lowest BCUT2D eigenvalue weighted by atomic mass is 9.88. The number of ether oxygens (including phenoxy) is 1. The summed E-state index contributed by atoms with van der Waals surface area (Å²) in [6.07, 6.45) is 6.38. The highest BCUT2D eigenvalue weighted by molar-refractivity contribution is 5.68. The van der Waals surface area contributed by atoms with E-state index in [-0.39, 0.29) is 13.2 Å². The predicted molar refractivity (Wildman–Crippen MR) is 127 cm³/mol. The second kappa shape index (κ2) is 11.8. The highest BCUT2D eigenvalue weighted by Gasteiger charge is 2.23. The van der Waals surface area contributed by atoms with Crippen molar-refractivity contribution in [1.29, 1.82) is 0 Å². The average molecular weight is 425 g/mol. The molecule has 0 atom stereocenters. The molecule has 0 aromatic heterocycles. The Labute approximate surface area is 186 Å². The Morgan fingerprint density at radius 2 is 1.65 bits per heavy atom. The SMILES string of the molecule is CC/C(=C\C=C(/C)C(O)(CC)CC)c1cccc(OCc2ccc(CO)c(CO)c2)c1. The quantitative estimate of drug-likeness (QED) is 0.414. The van der Waals surface area contributed by atoms with Gasteiger partial charge in [0.1, 0.15) is 12.4 Å². The maximum Gasteiger partial charge on any atom is 0.120 e. The number of hydrogen-bond acceptors (Lipinski definition) is 4. The van der Waals surface area contributed by atoms with Gasteiger partial charge >= 0.3 is 0 Å². The second-order valence-corrected chi connectivity index (χ2v) is 7.87. The molecule has 0 fully saturated rings. The van der Waals surface area contributed by atoms with Gasteiger partial charge in [-0.15, -0.1) is 0 Å². The molecule has 0 unspecified atom stereocenters. The molecular weight excluding hydrogens is 388 g/mol. The molecule has 0 aliphatic carbocycles. The number of allylic oxidation sites excluding steroid dienone is 3. The smallest absolute Gasteiger partial charge is 0.120 e. The molecule has 0 heterocycles. The Kier molecular flexibility index (Phi) is 9.50. The number of hydrogen-bond donors (Lipinski definition) is 3. The summed E-state index contributed by atoms with van der Waals surface area (Å²) in [7, 11) is 0. The molecule has 2 aromatic rings. The Morgan fingerprint density at radius 1 is 0.935 bits per heavy atom. The maximum atomic E-state index is 10.7. The van der Waals surface area contributed by atoms with E-state index in [1.165, 1.54) is 5.57 Å². The normalized spacial score (nSPS) is 12.9. The molecule has 4 heteroatoms. The van der Waals surface area contributed by atoms with Gasteiger partial charge in [-0.2, -0.15) is 0 Å². The topological polar surface area (TPSA) is 69.9 Å². The lowest BCUT2D eigenvalue weighted by Crippen LogP contribution is -2.27. The summed E-state index contributed by atoms with van der Waals surface area (Å²) in [6, 6.07) is 13.6. The Morgan fingerprint density at radius 3 is 2.26 bits per heavy atom. The highest BCUT2D eigenvalue weighted by atomic mass is 16.5. The zero-order valence-corrected chi connectivity index (χ0v) is 19.2. The molecule has 0 saturated carbocycles. The first kappa shape index (κ1) is 24.9. The summed E-state index contributed by atoms with van der Waals surface area (Å²) in [5, 5.41) is 29.5. The van der Waals surface area contributed by atoms with E-state index in [1.54, 1.807) is 0 Å². The summed E-state index contributed by atoms with van der Waals surface area (Å²) in [4.78, 5) is 0. The summed E-state index contributed by atoms with van der Waals surface area (Å²) in [5.74, 6) is 0.771. The van der Waals surface area contributed by atoms with E-state index < -0.39 is 5.60 Å². The molecule has 2 rings (SSSR count). The van der Waals surface area contributed by atoms with Gasteiger partial charge in [-0.25, -0.2) is 0 Å². The van der Waals surface area contributed by atoms with Crippen LogP contribution in [0.5, 0.6) is 5.75 Å². The summed E-state index contributed by atoms with van der Waals surface area (Å²) < 4.78 is 5.99. The van der Waals surface area contributed by atoms with Crippen molar-refractivity contribution in [2.45, 2.75) is 72.4 Å². The number of aliphatic hydroxyl groups excluding tert-OH is 2. The average Bonchev–Trinajstić information content (AvgIpc) is 2.82. The van der Waals surface area contributed by atoms with Crippen molar-refractivity contribution in [3.8, 4) is 5.75 Å². The van der Waals surface area contributed by atoms with Crippen molar-refractivity contribution < 1.29 is 20.1 Å². The minimum atomic E-state index is -0.751. The van der Waals surface area contributed by atoms with E-state index in [0.29, 0.717) is 19.4 Å². The molecule has 0 aliphatic rings. The molecule has 168 valence electrons. The highest BCUT2D eigenvalue weighted by Crippen LogP contribution is 2.27. The van der Waals surface area contributed by atoms with E-state index in [2.05, 4.69) is 19.1 Å². The summed E-state index contributed by atoms with van der Waals surface area (Å²) >= 11 is 0. The van der Waals surface area contributed by atoms with Crippen LogP contribution >= 0.6 is 0 Å². The third-order valence-corrected chi connectivity index (χ3v) is 6.04. The zero-order valence-electron chi connectivity index (χ0n) is 19.2. The first-order valence-electron chi connectivity index (χ1n) is 11.1. The molecule has 2 aromatic carbocycles. The van der Waals surface area contributed by atoms with Gasteiger partial charge in [0.2, 0.25) is 0 Å². The molecule has 0 radical (unpaired) electrons. The van der Waals surface area contributed by atoms with Crippen LogP contribution in [0.4, 0.5) is 0 Å². The molecule has 0 amide bonds. The van der Waals surface area contributed by atoms with Crippen molar-refractivity contribution >= 4 is 5.57 Å². The standard InChI is InChI=1S/C27H36O4/c1-5-22(13-11-20(4)27(30,6-2)7-3)23-9-8-10-26(16-23)31-19-21-12-14-24(17-28)25(15-21)18-29/h8-16,28-30H,5-7,17-19H2,1-4H3/b20-11+,22-13+. The van der Waals surface area contributed by atoms with Crippen LogP contribution in [0, 0.1) is 0 Å². The van der Waals surface area contributed by atoms with E-state index in [4.69, 9.17) is 4.74 Å². The minimum absolute atomic E-state index is 0.0902. The van der Waals surface area contributed by atoms with Crippen LogP contribution in [0.2, 0.25) is 0 Å². The Bertz CT molecular complexity index is 907. The summed E-state index contributed by atoms with van der Waals surface area (Å²) in [6.45, 7) is 8.30. The minimum Gasteiger partial charge on any atom is -0.489 e. The van der Waals surface area contributed by atoms with Gasteiger partial charge in [-0.3, -0.25) is 0 Å². The van der Waals surface area contributed by atoms with Gasteiger partial charge in [0, 0.05) is 0 Å². The monoisotopic (exact) mass is 424 g/mol. The molecule has 0 spiro atoms. The van der Waals surface area contributed by atoms with Gasteiger partial charge in [0.05, 0.1) is 18.8 Å². The van der Waals surface area contributed by atoms with Crippen LogP contribution in [-0.2, 0) is 19.8 Å². The number of aliphatic hydroxyl groups is 3. The zero-order chi connectivity index (χ0) is 22.9. The molecule has 0 aliphatic heterocycles. The van der Waals surface area contributed by atoms with Crippen LogP contribution in [-0.4, -0.2) is 20.9 Å². The maximum absolute atomic E-state index is 10.7. The van der Waals surface area contributed by atoms with E-state index in [1.807, 2.05) is 63.2 Å². The third-order valence-electron chi connectivity index (χ3n) is 6.04. The predicted octanol–water partition coefficient (Wildman–Crippen LogP) is 5.54. The fourth-order valence-corrected chi connectivity index (χ4v) is 3.63. The fraction of sp³-hybridized carbons (Fsp3) is 0.407. The van der Waals surface area contributed by atoms with Gasteiger partial charge in [0.25, 0.3) is 0 Å². The second-order valence-electron chi connectivity index (χ2n) is 7.87. The molecule has 0 saturated heterocycles. The number of rotatable bonds is 11.